The fraction of sp³-hybridized carbons (Fsp3) is 0.0714. The molecule has 1 heterocycles. The molecule has 21 heavy (non-hydrogen) atoms. The second-order valence-electron chi connectivity index (χ2n) is 4.42. The number of hydrogen-bond acceptors (Lipinski definition) is 3. The summed E-state index contributed by atoms with van der Waals surface area (Å²) >= 11 is 0. The molecule has 0 saturated heterocycles. The molecule has 0 atom stereocenters. The van der Waals surface area contributed by atoms with Gasteiger partial charge in [0.05, 0.1) is 22.5 Å². The van der Waals surface area contributed by atoms with Gasteiger partial charge < -0.3 is 15.2 Å². The molecular weight excluding hydrogens is 287 g/mol. The van der Waals surface area contributed by atoms with Gasteiger partial charge in [0.2, 0.25) is 0 Å². The van der Waals surface area contributed by atoms with Gasteiger partial charge in [-0.05, 0) is 30.3 Å². The molecule has 1 aliphatic heterocycles. The van der Waals surface area contributed by atoms with Crippen molar-refractivity contribution in [3.8, 4) is 11.5 Å². The van der Waals surface area contributed by atoms with Crippen molar-refractivity contribution in [3.05, 3.63) is 47.5 Å². The third-order valence-corrected chi connectivity index (χ3v) is 3.05. The maximum Gasteiger partial charge on any atom is 0.416 e. The van der Waals surface area contributed by atoms with E-state index in [1.807, 2.05) is 0 Å². The summed E-state index contributed by atoms with van der Waals surface area (Å²) in [6.07, 6.45) is -4.47. The lowest BCUT2D eigenvalue weighted by molar-refractivity contribution is -0.137. The van der Waals surface area contributed by atoms with Crippen LogP contribution in [0.4, 0.5) is 24.5 Å². The number of carboxylic acid groups (broad SMARTS) is 1. The Labute approximate surface area is 116 Å². The maximum absolute atomic E-state index is 12.7. The summed E-state index contributed by atoms with van der Waals surface area (Å²) in [6, 6.07) is 7.31. The molecule has 0 bridgehead atoms. The Balaban J connectivity index is 2.06. The Morgan fingerprint density at radius 2 is 1.90 bits per heavy atom. The molecule has 0 aromatic heterocycles. The van der Waals surface area contributed by atoms with Crippen LogP contribution < -0.4 is 10.1 Å². The van der Waals surface area contributed by atoms with Crippen LogP contribution >= 0.6 is 0 Å². The smallest absolute Gasteiger partial charge is 0.416 e. The standard InChI is InChI=1S/C14H8F3NO3/c15-14(16,17)7-4-5-9-11(6-7)21-10-3-1-2-8(13(19)20)12(10)18-9/h1-6,18H,(H,19,20). The zero-order valence-corrected chi connectivity index (χ0v) is 10.4. The first-order chi connectivity index (χ1) is 9.86. The van der Waals surface area contributed by atoms with E-state index in [2.05, 4.69) is 5.32 Å². The fourth-order valence-corrected chi connectivity index (χ4v) is 2.06. The monoisotopic (exact) mass is 295 g/mol. The van der Waals surface area contributed by atoms with Gasteiger partial charge >= 0.3 is 12.1 Å². The number of alkyl halides is 3. The van der Waals surface area contributed by atoms with Gasteiger partial charge in [-0.3, -0.25) is 0 Å². The largest absolute Gasteiger partial charge is 0.478 e. The molecule has 0 saturated carbocycles. The molecule has 0 fully saturated rings. The minimum absolute atomic E-state index is 0.000126. The molecule has 2 aromatic rings. The summed E-state index contributed by atoms with van der Waals surface area (Å²) in [6.45, 7) is 0. The SMILES string of the molecule is O=C(O)c1cccc2c1Nc1ccc(C(F)(F)F)cc1O2. The molecule has 0 aliphatic carbocycles. The number of halogens is 3. The van der Waals surface area contributed by atoms with Crippen molar-refractivity contribution in [3.63, 3.8) is 0 Å². The van der Waals surface area contributed by atoms with E-state index in [1.165, 1.54) is 24.3 Å². The van der Waals surface area contributed by atoms with E-state index in [1.54, 1.807) is 0 Å². The highest BCUT2D eigenvalue weighted by Crippen LogP contribution is 2.45. The summed E-state index contributed by atoms with van der Waals surface area (Å²) in [5.74, 6) is -0.986. The highest BCUT2D eigenvalue weighted by Gasteiger charge is 2.32. The Morgan fingerprint density at radius 3 is 2.57 bits per heavy atom. The molecule has 3 rings (SSSR count). The normalized spacial score (nSPS) is 12.7. The number of benzene rings is 2. The number of rotatable bonds is 1. The highest BCUT2D eigenvalue weighted by atomic mass is 19.4. The molecule has 1 aliphatic rings. The third kappa shape index (κ3) is 2.26. The molecule has 4 nitrogen and oxygen atoms in total. The average molecular weight is 295 g/mol. The first kappa shape index (κ1) is 13.3. The molecule has 2 N–H and O–H groups in total. The van der Waals surface area contributed by atoms with Crippen molar-refractivity contribution < 1.29 is 27.8 Å². The Morgan fingerprint density at radius 1 is 1.14 bits per heavy atom. The predicted molar refractivity (Wildman–Crippen MR) is 68.2 cm³/mol. The zero-order chi connectivity index (χ0) is 15.2. The minimum Gasteiger partial charge on any atom is -0.478 e. The van der Waals surface area contributed by atoms with Gasteiger partial charge in [-0.15, -0.1) is 0 Å². The van der Waals surface area contributed by atoms with Crippen LogP contribution in [0.25, 0.3) is 0 Å². The van der Waals surface area contributed by atoms with Crippen LogP contribution in [0.15, 0.2) is 36.4 Å². The first-order valence-electron chi connectivity index (χ1n) is 5.88. The lowest BCUT2D eigenvalue weighted by atomic mass is 10.1. The van der Waals surface area contributed by atoms with Gasteiger partial charge in [0.25, 0.3) is 0 Å². The van der Waals surface area contributed by atoms with E-state index in [-0.39, 0.29) is 28.4 Å². The number of nitrogens with one attached hydrogen (secondary N) is 1. The first-order valence-corrected chi connectivity index (χ1v) is 5.88. The van der Waals surface area contributed by atoms with Crippen LogP contribution in [-0.2, 0) is 6.18 Å². The molecular formula is C14H8F3NO3. The van der Waals surface area contributed by atoms with E-state index in [0.29, 0.717) is 0 Å². The van der Waals surface area contributed by atoms with E-state index >= 15 is 0 Å². The summed E-state index contributed by atoms with van der Waals surface area (Å²) in [5.41, 5.74) is -0.347. The maximum atomic E-state index is 12.7. The van der Waals surface area contributed by atoms with Gasteiger partial charge in [0.1, 0.15) is 0 Å². The number of fused-ring (bicyclic) bond motifs is 2. The van der Waals surface area contributed by atoms with Gasteiger partial charge in [-0.2, -0.15) is 13.2 Å². The molecule has 0 amide bonds. The van der Waals surface area contributed by atoms with Crippen LogP contribution in [0.3, 0.4) is 0 Å². The predicted octanol–water partition coefficient (Wildman–Crippen LogP) is 4.25. The lowest BCUT2D eigenvalue weighted by Gasteiger charge is -2.23. The molecule has 108 valence electrons. The third-order valence-electron chi connectivity index (χ3n) is 3.05. The van der Waals surface area contributed by atoms with Crippen molar-refractivity contribution in [2.45, 2.75) is 6.18 Å². The highest BCUT2D eigenvalue weighted by molar-refractivity contribution is 5.98. The van der Waals surface area contributed by atoms with E-state index < -0.39 is 17.7 Å². The van der Waals surface area contributed by atoms with Crippen LogP contribution in [0, 0.1) is 0 Å². The van der Waals surface area contributed by atoms with Crippen molar-refractivity contribution in [2.24, 2.45) is 0 Å². The van der Waals surface area contributed by atoms with Crippen molar-refractivity contribution in [2.75, 3.05) is 5.32 Å². The molecule has 2 aromatic carbocycles. The van der Waals surface area contributed by atoms with Crippen molar-refractivity contribution in [1.29, 1.82) is 0 Å². The van der Waals surface area contributed by atoms with Crippen LogP contribution in [-0.4, -0.2) is 11.1 Å². The van der Waals surface area contributed by atoms with E-state index in [9.17, 15) is 18.0 Å². The van der Waals surface area contributed by atoms with E-state index in [4.69, 9.17) is 9.84 Å². The van der Waals surface area contributed by atoms with Gasteiger partial charge in [-0.25, -0.2) is 4.79 Å². The molecule has 0 radical (unpaired) electrons. The number of hydrogen-bond donors (Lipinski definition) is 2. The quantitative estimate of drug-likeness (QED) is 0.704. The van der Waals surface area contributed by atoms with Crippen molar-refractivity contribution in [1.82, 2.24) is 0 Å². The number of anilines is 2. The summed E-state index contributed by atoms with van der Waals surface area (Å²) in [4.78, 5) is 11.1. The topological polar surface area (TPSA) is 58.6 Å². The van der Waals surface area contributed by atoms with Gasteiger partial charge in [0.15, 0.2) is 11.5 Å². The number of carbonyl (C=O) groups is 1. The fourth-order valence-electron chi connectivity index (χ4n) is 2.06. The van der Waals surface area contributed by atoms with Crippen LogP contribution in [0.2, 0.25) is 0 Å². The second-order valence-corrected chi connectivity index (χ2v) is 4.42. The second kappa shape index (κ2) is 4.41. The summed E-state index contributed by atoms with van der Waals surface area (Å²) < 4.78 is 43.4. The van der Waals surface area contributed by atoms with Crippen molar-refractivity contribution >= 4 is 17.3 Å². The van der Waals surface area contributed by atoms with Gasteiger partial charge in [0, 0.05) is 0 Å². The van der Waals surface area contributed by atoms with Crippen LogP contribution in [0.1, 0.15) is 15.9 Å². The zero-order valence-electron chi connectivity index (χ0n) is 10.4. The Bertz CT molecular complexity index is 741. The molecule has 7 heteroatoms. The number of aromatic carboxylic acids is 1. The number of carboxylic acids is 1. The van der Waals surface area contributed by atoms with E-state index in [0.717, 1.165) is 12.1 Å². The minimum atomic E-state index is -4.47. The van der Waals surface area contributed by atoms with Crippen LogP contribution in [0.5, 0.6) is 11.5 Å². The van der Waals surface area contributed by atoms with Gasteiger partial charge in [-0.1, -0.05) is 6.07 Å². The summed E-state index contributed by atoms with van der Waals surface area (Å²) in [7, 11) is 0. The number of ether oxygens (including phenoxy) is 1. The lowest BCUT2D eigenvalue weighted by Crippen LogP contribution is -2.11. The Hall–Kier alpha value is -2.70. The summed E-state index contributed by atoms with van der Waals surface area (Å²) in [5, 5.41) is 11.9. The molecule has 0 spiro atoms. The number of para-hydroxylation sites is 1. The Kier molecular flexibility index (Phi) is 2.79. The molecule has 0 unspecified atom stereocenters. The average Bonchev–Trinajstić information content (AvgIpc) is 2.42.